The van der Waals surface area contributed by atoms with Crippen LogP contribution >= 0.6 is 0 Å². The zero-order chi connectivity index (χ0) is 11.8. The summed E-state index contributed by atoms with van der Waals surface area (Å²) in [7, 11) is -6.00. The average Bonchev–Trinajstić information content (AvgIpc) is 1.82. The molecule has 7 heteroatoms. The maximum atomic E-state index is 10.2. The van der Waals surface area contributed by atoms with Crippen LogP contribution in [0, 0.1) is 5.92 Å². The lowest BCUT2D eigenvalue weighted by Crippen LogP contribution is -2.28. The molecule has 86 valence electrons. The molecule has 0 aromatic heterocycles. The monoisotopic (exact) mass is 216 g/mol. The fourth-order valence-electron chi connectivity index (χ4n) is 0.693. The van der Waals surface area contributed by atoms with Crippen molar-refractivity contribution in [2.75, 3.05) is 0 Å². The fraction of sp³-hybridized carbons (Fsp3) is 0.857. The third-order valence-electron chi connectivity index (χ3n) is 1.51. The largest absolute Gasteiger partial charge is 0.673 e. The standard InChI is InChI=1S/C5H9NO.C2H6.BF4/c6-5(7)4-2-1-3-4;1-2;2-1(3,4)5/h4H,1-3H2,(H2,6,7);1-2H3;/q;;-1. The minimum absolute atomic E-state index is 0.119. The van der Waals surface area contributed by atoms with Crippen LogP contribution in [0.1, 0.15) is 33.1 Å². The highest BCUT2D eigenvalue weighted by Gasteiger charge is 2.22. The van der Waals surface area contributed by atoms with E-state index in [-0.39, 0.29) is 11.8 Å². The van der Waals surface area contributed by atoms with Gasteiger partial charge in [-0.2, -0.15) is 0 Å². The van der Waals surface area contributed by atoms with E-state index in [1.807, 2.05) is 13.8 Å². The molecule has 0 spiro atoms. The summed E-state index contributed by atoms with van der Waals surface area (Å²) in [5.74, 6) is 0.103. The molecule has 1 aliphatic carbocycles. The van der Waals surface area contributed by atoms with Gasteiger partial charge in [0.15, 0.2) is 0 Å². The normalized spacial score (nSPS) is 15.3. The molecule has 1 rings (SSSR count). The first kappa shape index (κ1) is 15.7. The van der Waals surface area contributed by atoms with E-state index in [4.69, 9.17) is 5.73 Å². The summed E-state index contributed by atoms with van der Waals surface area (Å²) in [5.41, 5.74) is 4.96. The van der Waals surface area contributed by atoms with Gasteiger partial charge in [-0.05, 0) is 12.8 Å². The molecular formula is C7H15BF4NO-. The topological polar surface area (TPSA) is 43.1 Å². The summed E-state index contributed by atoms with van der Waals surface area (Å²) in [5, 5.41) is 0. The second-order valence-electron chi connectivity index (χ2n) is 2.53. The summed E-state index contributed by atoms with van der Waals surface area (Å²) >= 11 is 0. The van der Waals surface area contributed by atoms with Crippen LogP contribution in [-0.2, 0) is 4.79 Å². The SMILES string of the molecule is CC.F[B-](F)(F)F.NC(=O)C1CCC1. The quantitative estimate of drug-likeness (QED) is 0.531. The third-order valence-corrected chi connectivity index (χ3v) is 1.51. The van der Waals surface area contributed by atoms with Crippen molar-refractivity contribution in [3.05, 3.63) is 0 Å². The minimum atomic E-state index is -6.00. The summed E-state index contributed by atoms with van der Waals surface area (Å²) < 4.78 is 39.0. The predicted octanol–water partition coefficient (Wildman–Crippen LogP) is 2.60. The molecule has 2 nitrogen and oxygen atoms in total. The third kappa shape index (κ3) is 13.8. The van der Waals surface area contributed by atoms with Gasteiger partial charge in [-0.1, -0.05) is 20.3 Å². The van der Waals surface area contributed by atoms with Gasteiger partial charge in [-0.3, -0.25) is 4.79 Å². The Morgan fingerprint density at radius 1 is 1.21 bits per heavy atom. The van der Waals surface area contributed by atoms with Crippen LogP contribution < -0.4 is 5.73 Å². The molecule has 0 aromatic carbocycles. The molecule has 0 radical (unpaired) electrons. The molecule has 0 saturated heterocycles. The molecule has 14 heavy (non-hydrogen) atoms. The molecular weight excluding hydrogens is 201 g/mol. The zero-order valence-corrected chi connectivity index (χ0v) is 8.27. The van der Waals surface area contributed by atoms with Crippen molar-refractivity contribution in [3.63, 3.8) is 0 Å². The van der Waals surface area contributed by atoms with Crippen molar-refractivity contribution in [1.29, 1.82) is 0 Å². The highest BCUT2D eigenvalue weighted by Crippen LogP contribution is 2.25. The van der Waals surface area contributed by atoms with Gasteiger partial charge in [0.2, 0.25) is 5.91 Å². The Hall–Kier alpha value is -0.745. The van der Waals surface area contributed by atoms with Gasteiger partial charge >= 0.3 is 7.25 Å². The van der Waals surface area contributed by atoms with Gasteiger partial charge in [0.25, 0.3) is 0 Å². The number of amides is 1. The van der Waals surface area contributed by atoms with Gasteiger partial charge in [0, 0.05) is 5.92 Å². The number of carbonyl (C=O) groups is 1. The van der Waals surface area contributed by atoms with Crippen molar-refractivity contribution in [1.82, 2.24) is 0 Å². The van der Waals surface area contributed by atoms with Crippen LogP contribution in [-0.4, -0.2) is 13.2 Å². The summed E-state index contributed by atoms with van der Waals surface area (Å²) in [6.45, 7) is 4.00. The van der Waals surface area contributed by atoms with E-state index in [9.17, 15) is 22.1 Å². The van der Waals surface area contributed by atoms with Crippen LogP contribution in [0.5, 0.6) is 0 Å². The predicted molar refractivity (Wildman–Crippen MR) is 48.1 cm³/mol. The molecule has 0 aromatic rings. The first-order valence-corrected chi connectivity index (χ1v) is 4.47. The lowest BCUT2D eigenvalue weighted by molar-refractivity contribution is -0.124. The lowest BCUT2D eigenvalue weighted by Gasteiger charge is -2.20. The van der Waals surface area contributed by atoms with E-state index in [0.29, 0.717) is 0 Å². The summed E-state index contributed by atoms with van der Waals surface area (Å²) in [6.07, 6.45) is 3.23. The Balaban J connectivity index is 0. The maximum absolute atomic E-state index is 10.2. The van der Waals surface area contributed by atoms with E-state index in [0.717, 1.165) is 12.8 Å². The average molecular weight is 216 g/mol. The van der Waals surface area contributed by atoms with Gasteiger partial charge in [-0.15, -0.1) is 0 Å². The number of rotatable bonds is 1. The smallest absolute Gasteiger partial charge is 0.418 e. The second kappa shape index (κ2) is 7.64. The molecule has 2 N–H and O–H groups in total. The number of halogens is 4. The van der Waals surface area contributed by atoms with Crippen molar-refractivity contribution in [2.45, 2.75) is 33.1 Å². The van der Waals surface area contributed by atoms with Crippen molar-refractivity contribution >= 4 is 13.2 Å². The number of carbonyl (C=O) groups excluding carboxylic acids is 1. The highest BCUT2D eigenvalue weighted by molar-refractivity contribution is 6.50. The molecule has 1 fully saturated rings. The van der Waals surface area contributed by atoms with Gasteiger partial charge < -0.3 is 23.0 Å². The van der Waals surface area contributed by atoms with Gasteiger partial charge in [0.05, 0.1) is 0 Å². The Labute approximate surface area is 81.0 Å². The van der Waals surface area contributed by atoms with E-state index >= 15 is 0 Å². The van der Waals surface area contributed by atoms with E-state index in [1.165, 1.54) is 6.42 Å². The lowest BCUT2D eigenvalue weighted by atomic mass is 9.85. The molecule has 0 unspecified atom stereocenters. The van der Waals surface area contributed by atoms with E-state index in [1.54, 1.807) is 0 Å². The minimum Gasteiger partial charge on any atom is -0.418 e. The maximum Gasteiger partial charge on any atom is 0.673 e. The van der Waals surface area contributed by atoms with Crippen molar-refractivity contribution in [2.24, 2.45) is 11.7 Å². The molecule has 0 bridgehead atoms. The molecule has 1 saturated carbocycles. The Morgan fingerprint density at radius 3 is 1.50 bits per heavy atom. The number of hydrogen-bond acceptors (Lipinski definition) is 1. The number of nitrogens with two attached hydrogens (primary N) is 1. The molecule has 1 amide bonds. The van der Waals surface area contributed by atoms with Crippen LogP contribution in [0.15, 0.2) is 0 Å². The molecule has 0 aliphatic heterocycles. The fourth-order valence-corrected chi connectivity index (χ4v) is 0.693. The highest BCUT2D eigenvalue weighted by atomic mass is 19.5. The number of primary amides is 1. The first-order chi connectivity index (χ1) is 6.30. The molecule has 0 heterocycles. The van der Waals surface area contributed by atoms with E-state index < -0.39 is 7.25 Å². The summed E-state index contributed by atoms with van der Waals surface area (Å²) in [6, 6.07) is 0. The van der Waals surface area contributed by atoms with Crippen LogP contribution in [0.3, 0.4) is 0 Å². The Bertz CT molecular complexity index is 152. The Morgan fingerprint density at radius 2 is 1.50 bits per heavy atom. The Kier molecular flexibility index (Phi) is 8.58. The van der Waals surface area contributed by atoms with Crippen LogP contribution in [0.4, 0.5) is 17.3 Å². The van der Waals surface area contributed by atoms with Crippen LogP contribution in [0.25, 0.3) is 0 Å². The molecule has 0 atom stereocenters. The van der Waals surface area contributed by atoms with Gasteiger partial charge in [0.1, 0.15) is 0 Å². The van der Waals surface area contributed by atoms with Crippen molar-refractivity contribution in [3.8, 4) is 0 Å². The number of hydrogen-bond donors (Lipinski definition) is 1. The van der Waals surface area contributed by atoms with E-state index in [2.05, 4.69) is 0 Å². The first-order valence-electron chi connectivity index (χ1n) is 4.47. The van der Waals surface area contributed by atoms with Gasteiger partial charge in [-0.25, -0.2) is 0 Å². The second-order valence-corrected chi connectivity index (χ2v) is 2.53. The van der Waals surface area contributed by atoms with Crippen LogP contribution in [0.2, 0.25) is 0 Å². The summed E-state index contributed by atoms with van der Waals surface area (Å²) in [4.78, 5) is 10.2. The molecule has 1 aliphatic rings. The van der Waals surface area contributed by atoms with Crippen molar-refractivity contribution < 1.29 is 22.1 Å². The zero-order valence-electron chi connectivity index (χ0n) is 8.27.